The first kappa shape index (κ1) is 12.6. The van der Waals surface area contributed by atoms with Crippen LogP contribution in [0.25, 0.3) is 0 Å². The first-order valence-corrected chi connectivity index (χ1v) is 7.35. The van der Waals surface area contributed by atoms with Gasteiger partial charge in [0.25, 0.3) is 0 Å². The van der Waals surface area contributed by atoms with Gasteiger partial charge in [0.15, 0.2) is 0 Å². The molecule has 0 aromatic carbocycles. The number of aromatic nitrogens is 1. The van der Waals surface area contributed by atoms with Gasteiger partial charge in [-0.1, -0.05) is 17.7 Å². The van der Waals surface area contributed by atoms with Crippen molar-refractivity contribution in [3.63, 3.8) is 0 Å². The quantitative estimate of drug-likeness (QED) is 0.804. The number of carbonyl (C=O) groups is 1. The summed E-state index contributed by atoms with van der Waals surface area (Å²) in [5, 5.41) is 3.26. The highest BCUT2D eigenvalue weighted by molar-refractivity contribution is 5.82. The van der Waals surface area contributed by atoms with E-state index in [1.165, 1.54) is 11.1 Å². The lowest BCUT2D eigenvalue weighted by Crippen LogP contribution is -2.55. The molecule has 4 nitrogen and oxygen atoms in total. The third-order valence-electron chi connectivity index (χ3n) is 4.81. The zero-order valence-corrected chi connectivity index (χ0v) is 12.3. The summed E-state index contributed by atoms with van der Waals surface area (Å²) in [4.78, 5) is 16.7. The molecule has 1 aliphatic heterocycles. The summed E-state index contributed by atoms with van der Waals surface area (Å²) in [5.74, 6) is 1.07. The first-order valence-electron chi connectivity index (χ1n) is 7.35. The zero-order chi connectivity index (χ0) is 14.6. The number of hydrogen-bond donors (Lipinski definition) is 1. The Morgan fingerprint density at radius 1 is 1.43 bits per heavy atom. The number of amides is 1. The lowest BCUT2D eigenvalue weighted by molar-refractivity contribution is -0.122. The number of fused-ring (bicyclic) bond motifs is 1. The molecule has 4 heteroatoms. The molecule has 0 unspecified atom stereocenters. The highest BCUT2D eigenvalue weighted by atomic mass is 16.5. The van der Waals surface area contributed by atoms with Crippen molar-refractivity contribution >= 4 is 5.91 Å². The molecule has 0 saturated carbocycles. The summed E-state index contributed by atoms with van der Waals surface area (Å²) in [5.41, 5.74) is 4.47. The van der Waals surface area contributed by atoms with Crippen LogP contribution in [0, 0.1) is 5.92 Å². The number of methoxy groups -OCH3 is 1. The van der Waals surface area contributed by atoms with E-state index in [4.69, 9.17) is 4.74 Å². The van der Waals surface area contributed by atoms with Crippen molar-refractivity contribution in [1.82, 2.24) is 10.3 Å². The molecule has 3 aliphatic rings. The molecule has 0 fully saturated rings. The summed E-state index contributed by atoms with van der Waals surface area (Å²) in [6, 6.07) is 3.95. The van der Waals surface area contributed by atoms with Crippen LogP contribution in [0.3, 0.4) is 0 Å². The monoisotopic (exact) mass is 282 g/mol. The molecule has 2 atom stereocenters. The van der Waals surface area contributed by atoms with Crippen LogP contribution in [0.2, 0.25) is 0 Å². The minimum atomic E-state index is -0.383. The number of nitrogens with one attached hydrogen (secondary N) is 1. The maximum atomic E-state index is 12.0. The molecule has 1 aromatic heterocycles. The molecule has 21 heavy (non-hydrogen) atoms. The minimum Gasteiger partial charge on any atom is -0.481 e. The number of nitrogens with zero attached hydrogens (tertiary/aromatic N) is 1. The van der Waals surface area contributed by atoms with Gasteiger partial charge in [0.05, 0.1) is 18.3 Å². The highest BCUT2D eigenvalue weighted by Crippen LogP contribution is 2.51. The zero-order valence-electron chi connectivity index (χ0n) is 12.3. The number of carbonyl (C=O) groups excluding carboxylic acids is 1. The molecule has 0 spiro atoms. The Morgan fingerprint density at radius 3 is 3.10 bits per heavy atom. The number of allylic oxidation sites excluding steroid dienone is 1. The van der Waals surface area contributed by atoms with Gasteiger partial charge in [-0.3, -0.25) is 4.79 Å². The molecule has 2 bridgehead atoms. The Labute approximate surface area is 123 Å². The van der Waals surface area contributed by atoms with Crippen LogP contribution in [-0.2, 0) is 16.8 Å². The van der Waals surface area contributed by atoms with Crippen molar-refractivity contribution in [2.45, 2.75) is 31.7 Å². The Bertz CT molecular complexity index is 705. The number of pyridine rings is 1. The van der Waals surface area contributed by atoms with Crippen LogP contribution in [0.15, 0.2) is 35.4 Å². The van der Waals surface area contributed by atoms with Crippen LogP contribution < -0.4 is 10.1 Å². The molecular formula is C17H18N2O2. The van der Waals surface area contributed by atoms with Gasteiger partial charge in [0, 0.05) is 30.4 Å². The third-order valence-corrected chi connectivity index (χ3v) is 4.81. The van der Waals surface area contributed by atoms with Gasteiger partial charge in [0.1, 0.15) is 0 Å². The van der Waals surface area contributed by atoms with E-state index >= 15 is 0 Å². The molecule has 1 aromatic rings. The fourth-order valence-electron chi connectivity index (χ4n) is 4.10. The second kappa shape index (κ2) is 4.20. The van der Waals surface area contributed by atoms with E-state index in [-0.39, 0.29) is 11.4 Å². The topological polar surface area (TPSA) is 51.2 Å². The highest BCUT2D eigenvalue weighted by Gasteiger charge is 2.49. The first-order chi connectivity index (χ1) is 10.1. The van der Waals surface area contributed by atoms with Gasteiger partial charge in [-0.05, 0) is 25.0 Å². The van der Waals surface area contributed by atoms with E-state index in [1.54, 1.807) is 7.11 Å². The normalized spacial score (nSPS) is 29.6. The van der Waals surface area contributed by atoms with Gasteiger partial charge in [0.2, 0.25) is 11.8 Å². The van der Waals surface area contributed by atoms with E-state index in [2.05, 4.69) is 35.4 Å². The SMILES string of the molecule is COc1ccc2c(n1)C[C@@H]1C=C(C)C[C@]23NC(=O)CC=C13. The van der Waals surface area contributed by atoms with Gasteiger partial charge < -0.3 is 10.1 Å². The fraction of sp³-hybridized carbons (Fsp3) is 0.412. The Morgan fingerprint density at radius 2 is 2.29 bits per heavy atom. The molecule has 2 aliphatic carbocycles. The molecule has 0 saturated heterocycles. The average molecular weight is 282 g/mol. The molecular weight excluding hydrogens is 264 g/mol. The van der Waals surface area contributed by atoms with Crippen molar-refractivity contribution in [3.05, 3.63) is 46.7 Å². The standard InChI is InChI=1S/C17H18N2O2/c1-10-7-11-8-14-13(4-6-16(18-14)21-2)17(9-10)12(11)3-5-15(20)19-17/h3-4,6-7,11H,5,8-9H2,1-2H3,(H,19,20)/t11-,17+/m0/s1. The number of hydrogen-bond acceptors (Lipinski definition) is 3. The van der Waals surface area contributed by atoms with Crippen LogP contribution in [0.1, 0.15) is 31.0 Å². The fourth-order valence-corrected chi connectivity index (χ4v) is 4.10. The van der Waals surface area contributed by atoms with Crippen molar-refractivity contribution in [2.75, 3.05) is 7.11 Å². The summed E-state index contributed by atoms with van der Waals surface area (Å²) in [6.45, 7) is 2.15. The lowest BCUT2D eigenvalue weighted by Gasteiger charge is -2.49. The van der Waals surface area contributed by atoms with Gasteiger partial charge in [-0.2, -0.15) is 0 Å². The smallest absolute Gasteiger partial charge is 0.224 e. The van der Waals surface area contributed by atoms with Crippen LogP contribution >= 0.6 is 0 Å². The van der Waals surface area contributed by atoms with Gasteiger partial charge in [-0.25, -0.2) is 4.98 Å². The third kappa shape index (κ3) is 1.68. The van der Waals surface area contributed by atoms with Crippen molar-refractivity contribution in [2.24, 2.45) is 5.92 Å². The minimum absolute atomic E-state index is 0.0934. The van der Waals surface area contributed by atoms with Crippen molar-refractivity contribution < 1.29 is 9.53 Å². The molecule has 2 heterocycles. The van der Waals surface area contributed by atoms with Crippen LogP contribution in [0.4, 0.5) is 0 Å². The maximum absolute atomic E-state index is 12.0. The van der Waals surface area contributed by atoms with E-state index in [0.29, 0.717) is 18.2 Å². The predicted octanol–water partition coefficient (Wildman–Crippen LogP) is 2.25. The molecule has 108 valence electrons. The van der Waals surface area contributed by atoms with Crippen LogP contribution in [-0.4, -0.2) is 18.0 Å². The predicted molar refractivity (Wildman–Crippen MR) is 78.9 cm³/mol. The van der Waals surface area contributed by atoms with Crippen molar-refractivity contribution in [1.29, 1.82) is 0 Å². The maximum Gasteiger partial charge on any atom is 0.224 e. The molecule has 1 amide bonds. The van der Waals surface area contributed by atoms with E-state index in [9.17, 15) is 4.79 Å². The molecule has 0 radical (unpaired) electrons. The number of ether oxygens (including phenoxy) is 1. The molecule has 4 rings (SSSR count). The second-order valence-electron chi connectivity index (χ2n) is 6.17. The van der Waals surface area contributed by atoms with Gasteiger partial charge in [-0.15, -0.1) is 0 Å². The van der Waals surface area contributed by atoms with E-state index in [0.717, 1.165) is 24.1 Å². The Balaban J connectivity index is 1.96. The van der Waals surface area contributed by atoms with E-state index < -0.39 is 0 Å². The summed E-state index contributed by atoms with van der Waals surface area (Å²) in [7, 11) is 1.63. The second-order valence-corrected chi connectivity index (χ2v) is 6.17. The Hall–Kier alpha value is -2.10. The van der Waals surface area contributed by atoms with Crippen molar-refractivity contribution in [3.8, 4) is 5.88 Å². The molecule has 1 N–H and O–H groups in total. The lowest BCUT2D eigenvalue weighted by atomic mass is 9.62. The van der Waals surface area contributed by atoms with E-state index in [1.807, 2.05) is 6.07 Å². The Kier molecular flexibility index (Phi) is 2.52. The summed E-state index contributed by atoms with van der Waals surface area (Å²) >= 11 is 0. The largest absolute Gasteiger partial charge is 0.481 e. The summed E-state index contributed by atoms with van der Waals surface area (Å²) in [6.07, 6.45) is 6.65. The summed E-state index contributed by atoms with van der Waals surface area (Å²) < 4.78 is 5.25. The number of rotatable bonds is 1. The van der Waals surface area contributed by atoms with Crippen LogP contribution in [0.5, 0.6) is 5.88 Å². The van der Waals surface area contributed by atoms with Gasteiger partial charge >= 0.3 is 0 Å². The average Bonchev–Trinajstić information content (AvgIpc) is 2.45.